The van der Waals surface area contributed by atoms with Gasteiger partial charge >= 0.3 is 0 Å². The van der Waals surface area contributed by atoms with Crippen molar-refractivity contribution in [1.82, 2.24) is 10.3 Å². The number of nitrogens with zero attached hydrogens (tertiary/aromatic N) is 1. The van der Waals surface area contributed by atoms with Gasteiger partial charge in [-0.3, -0.25) is 0 Å². The van der Waals surface area contributed by atoms with Gasteiger partial charge in [-0.2, -0.15) is 0 Å². The van der Waals surface area contributed by atoms with E-state index in [2.05, 4.69) is 10.3 Å². The molecule has 2 heterocycles. The molecule has 1 aliphatic heterocycles. The van der Waals surface area contributed by atoms with Crippen LogP contribution in [0, 0.1) is 0 Å². The van der Waals surface area contributed by atoms with Crippen LogP contribution >= 0.6 is 11.6 Å². The molecule has 1 saturated heterocycles. The van der Waals surface area contributed by atoms with Gasteiger partial charge in [0.05, 0.1) is 6.61 Å². The zero-order valence-electron chi connectivity index (χ0n) is 7.87. The normalized spacial score (nSPS) is 21.4. The third-order valence-electron chi connectivity index (χ3n) is 2.31. The molecule has 4 heteroatoms. The van der Waals surface area contributed by atoms with Gasteiger partial charge in [0.15, 0.2) is 0 Å². The lowest BCUT2D eigenvalue weighted by Gasteiger charge is -2.09. The van der Waals surface area contributed by atoms with Gasteiger partial charge in [-0.05, 0) is 18.1 Å². The van der Waals surface area contributed by atoms with Crippen molar-refractivity contribution in [1.29, 1.82) is 0 Å². The fraction of sp³-hybridized carbons (Fsp3) is 0.500. The van der Waals surface area contributed by atoms with E-state index in [0.29, 0.717) is 11.2 Å². The Labute approximate surface area is 88.4 Å². The first-order chi connectivity index (χ1) is 6.84. The van der Waals surface area contributed by atoms with Gasteiger partial charge in [0.2, 0.25) is 0 Å². The minimum absolute atomic E-state index is 0.491. The summed E-state index contributed by atoms with van der Waals surface area (Å²) < 4.78 is 5.27. The van der Waals surface area contributed by atoms with Crippen LogP contribution in [0.15, 0.2) is 18.3 Å². The first-order valence-corrected chi connectivity index (χ1v) is 5.14. The number of halogens is 1. The Morgan fingerprint density at radius 3 is 3.14 bits per heavy atom. The van der Waals surface area contributed by atoms with E-state index in [1.165, 1.54) is 0 Å². The Morgan fingerprint density at radius 2 is 2.50 bits per heavy atom. The lowest BCUT2D eigenvalue weighted by molar-refractivity contribution is 0.190. The van der Waals surface area contributed by atoms with Crippen molar-refractivity contribution < 1.29 is 4.74 Å². The molecule has 0 amide bonds. The summed E-state index contributed by atoms with van der Waals surface area (Å²) in [7, 11) is 0. The number of pyridine rings is 1. The van der Waals surface area contributed by atoms with Crippen LogP contribution in [0.25, 0.3) is 0 Å². The van der Waals surface area contributed by atoms with E-state index >= 15 is 0 Å². The highest BCUT2D eigenvalue weighted by Gasteiger charge is 2.14. The molecule has 0 saturated carbocycles. The standard InChI is InChI=1S/C10H13ClN2O/c11-10-2-1-8(6-13-10)5-12-9-3-4-14-7-9/h1-2,6,9,12H,3-5,7H2. The molecule has 0 aliphatic carbocycles. The average Bonchev–Trinajstić information content (AvgIpc) is 2.70. The molecule has 0 spiro atoms. The molecule has 2 rings (SSSR count). The van der Waals surface area contributed by atoms with Gasteiger partial charge < -0.3 is 10.1 Å². The maximum absolute atomic E-state index is 5.69. The Kier molecular flexibility index (Phi) is 3.35. The van der Waals surface area contributed by atoms with E-state index < -0.39 is 0 Å². The molecular formula is C10H13ClN2O. The summed E-state index contributed by atoms with van der Waals surface area (Å²) in [6.07, 6.45) is 2.90. The zero-order chi connectivity index (χ0) is 9.80. The SMILES string of the molecule is Clc1ccc(CNC2CCOC2)cn1. The highest BCUT2D eigenvalue weighted by Crippen LogP contribution is 2.07. The molecule has 1 atom stereocenters. The largest absolute Gasteiger partial charge is 0.380 e. The van der Waals surface area contributed by atoms with Crippen LogP contribution in [-0.4, -0.2) is 24.2 Å². The minimum atomic E-state index is 0.491. The summed E-state index contributed by atoms with van der Waals surface area (Å²) in [6, 6.07) is 4.28. The molecule has 0 aromatic carbocycles. The Balaban J connectivity index is 1.82. The lowest BCUT2D eigenvalue weighted by Crippen LogP contribution is -2.28. The second kappa shape index (κ2) is 4.73. The molecule has 76 valence electrons. The van der Waals surface area contributed by atoms with Crippen molar-refractivity contribution >= 4 is 11.6 Å². The summed E-state index contributed by atoms with van der Waals surface area (Å²) in [5, 5.41) is 3.95. The lowest BCUT2D eigenvalue weighted by atomic mass is 10.2. The van der Waals surface area contributed by atoms with Gasteiger partial charge in [-0.25, -0.2) is 4.98 Å². The number of hydrogen-bond donors (Lipinski definition) is 1. The molecule has 0 radical (unpaired) electrons. The van der Waals surface area contributed by atoms with E-state index in [1.54, 1.807) is 6.20 Å². The quantitative estimate of drug-likeness (QED) is 0.774. The van der Waals surface area contributed by atoms with Crippen LogP contribution in [-0.2, 0) is 11.3 Å². The van der Waals surface area contributed by atoms with Crippen molar-refractivity contribution in [2.45, 2.75) is 19.0 Å². The van der Waals surface area contributed by atoms with Gasteiger partial charge in [0.25, 0.3) is 0 Å². The van der Waals surface area contributed by atoms with Gasteiger partial charge in [-0.15, -0.1) is 0 Å². The van der Waals surface area contributed by atoms with Crippen LogP contribution < -0.4 is 5.32 Å². The highest BCUT2D eigenvalue weighted by molar-refractivity contribution is 6.29. The topological polar surface area (TPSA) is 34.1 Å². The summed E-state index contributed by atoms with van der Waals surface area (Å²) in [4.78, 5) is 4.02. The number of aromatic nitrogens is 1. The molecular weight excluding hydrogens is 200 g/mol. The number of hydrogen-bond acceptors (Lipinski definition) is 3. The highest BCUT2D eigenvalue weighted by atomic mass is 35.5. The third kappa shape index (κ3) is 2.67. The third-order valence-corrected chi connectivity index (χ3v) is 2.54. The molecule has 1 aliphatic rings. The summed E-state index contributed by atoms with van der Waals surface area (Å²) in [5.74, 6) is 0. The summed E-state index contributed by atoms with van der Waals surface area (Å²) in [6.45, 7) is 2.52. The molecule has 0 bridgehead atoms. The molecule has 3 nitrogen and oxygen atoms in total. The Hall–Kier alpha value is -0.640. The minimum Gasteiger partial charge on any atom is -0.380 e. The first-order valence-electron chi connectivity index (χ1n) is 4.76. The second-order valence-corrected chi connectivity index (χ2v) is 3.82. The summed E-state index contributed by atoms with van der Waals surface area (Å²) in [5.41, 5.74) is 1.15. The van der Waals surface area contributed by atoms with Crippen LogP contribution in [0.2, 0.25) is 5.15 Å². The van der Waals surface area contributed by atoms with Gasteiger partial charge in [0.1, 0.15) is 5.15 Å². The van der Waals surface area contributed by atoms with Crippen molar-refractivity contribution in [2.75, 3.05) is 13.2 Å². The van der Waals surface area contributed by atoms with Crippen molar-refractivity contribution in [2.24, 2.45) is 0 Å². The van der Waals surface area contributed by atoms with Crippen molar-refractivity contribution in [3.8, 4) is 0 Å². The maximum atomic E-state index is 5.69. The second-order valence-electron chi connectivity index (χ2n) is 3.43. The van der Waals surface area contributed by atoms with Gasteiger partial charge in [-0.1, -0.05) is 17.7 Å². The molecule has 1 unspecified atom stereocenters. The smallest absolute Gasteiger partial charge is 0.129 e. The fourth-order valence-corrected chi connectivity index (χ4v) is 1.58. The Bertz CT molecular complexity index is 283. The predicted molar refractivity (Wildman–Crippen MR) is 55.3 cm³/mol. The van der Waals surface area contributed by atoms with Crippen LogP contribution in [0.4, 0.5) is 0 Å². The van der Waals surface area contributed by atoms with E-state index in [0.717, 1.165) is 31.7 Å². The molecule has 1 aromatic rings. The van der Waals surface area contributed by atoms with Gasteiger partial charge in [0, 0.05) is 25.4 Å². The molecule has 14 heavy (non-hydrogen) atoms. The van der Waals surface area contributed by atoms with Crippen molar-refractivity contribution in [3.63, 3.8) is 0 Å². The van der Waals surface area contributed by atoms with Crippen LogP contribution in [0.5, 0.6) is 0 Å². The maximum Gasteiger partial charge on any atom is 0.129 e. The Morgan fingerprint density at radius 1 is 1.57 bits per heavy atom. The molecule has 1 aromatic heterocycles. The fourth-order valence-electron chi connectivity index (χ4n) is 1.47. The monoisotopic (exact) mass is 212 g/mol. The van der Waals surface area contributed by atoms with E-state index in [-0.39, 0.29) is 0 Å². The first kappa shape index (κ1) is 9.90. The number of rotatable bonds is 3. The number of nitrogens with one attached hydrogen (secondary N) is 1. The van der Waals surface area contributed by atoms with E-state index in [1.807, 2.05) is 12.1 Å². The zero-order valence-corrected chi connectivity index (χ0v) is 8.63. The summed E-state index contributed by atoms with van der Waals surface area (Å²) >= 11 is 5.69. The van der Waals surface area contributed by atoms with E-state index in [9.17, 15) is 0 Å². The average molecular weight is 213 g/mol. The van der Waals surface area contributed by atoms with E-state index in [4.69, 9.17) is 16.3 Å². The van der Waals surface area contributed by atoms with Crippen LogP contribution in [0.3, 0.4) is 0 Å². The molecule has 1 N–H and O–H groups in total. The van der Waals surface area contributed by atoms with Crippen LogP contribution in [0.1, 0.15) is 12.0 Å². The predicted octanol–water partition coefficient (Wildman–Crippen LogP) is 1.61. The van der Waals surface area contributed by atoms with Crippen molar-refractivity contribution in [3.05, 3.63) is 29.0 Å². The number of ether oxygens (including phenoxy) is 1. The molecule has 1 fully saturated rings.